The molecule has 2 aromatic carbocycles. The molecule has 0 saturated heterocycles. The fourth-order valence-corrected chi connectivity index (χ4v) is 2.51. The Balaban J connectivity index is 1.94. The largest absolute Gasteiger partial charge is 0.490 e. The number of halogens is 3. The Hall–Kier alpha value is -1.81. The first-order chi connectivity index (χ1) is 10.1. The molecule has 3 rings (SSSR count). The Labute approximate surface area is 126 Å². The van der Waals surface area contributed by atoms with E-state index in [0.29, 0.717) is 35.8 Å². The molecule has 1 atom stereocenters. The van der Waals surface area contributed by atoms with E-state index in [1.165, 1.54) is 12.1 Å². The second-order valence-corrected chi connectivity index (χ2v) is 5.26. The predicted molar refractivity (Wildman–Crippen MR) is 76.1 cm³/mol. The van der Waals surface area contributed by atoms with E-state index in [1.807, 2.05) is 0 Å². The number of benzene rings is 2. The third-order valence-corrected chi connectivity index (χ3v) is 3.75. The lowest BCUT2D eigenvalue weighted by atomic mass is 10.0. The van der Waals surface area contributed by atoms with Crippen molar-refractivity contribution in [1.82, 2.24) is 0 Å². The van der Waals surface area contributed by atoms with Crippen molar-refractivity contribution in [3.05, 3.63) is 59.2 Å². The van der Waals surface area contributed by atoms with Gasteiger partial charge in [0, 0.05) is 12.5 Å². The summed E-state index contributed by atoms with van der Waals surface area (Å²) in [6, 6.07) is 8.56. The predicted octanol–water partition coefficient (Wildman–Crippen LogP) is 4.45. The molecule has 0 fully saturated rings. The smallest absolute Gasteiger partial charge is 0.161 e. The highest BCUT2D eigenvalue weighted by Gasteiger charge is 2.17. The zero-order chi connectivity index (χ0) is 14.8. The van der Waals surface area contributed by atoms with Crippen LogP contribution in [0.4, 0.5) is 8.78 Å². The number of hydrogen-bond acceptors (Lipinski definition) is 2. The second kappa shape index (κ2) is 5.90. The molecule has 0 amide bonds. The molecule has 0 aliphatic carbocycles. The summed E-state index contributed by atoms with van der Waals surface area (Å²) in [5.74, 6) is -0.0342. The van der Waals surface area contributed by atoms with E-state index in [2.05, 4.69) is 0 Å². The minimum absolute atomic E-state index is 0.364. The van der Waals surface area contributed by atoms with Crippen LogP contribution >= 0.6 is 11.6 Å². The van der Waals surface area contributed by atoms with Crippen molar-refractivity contribution in [3.8, 4) is 11.5 Å². The Morgan fingerprint density at radius 2 is 1.52 bits per heavy atom. The summed E-state index contributed by atoms with van der Waals surface area (Å²) in [5.41, 5.74) is 1.06. The molecule has 0 aromatic heterocycles. The zero-order valence-electron chi connectivity index (χ0n) is 11.1. The van der Waals surface area contributed by atoms with E-state index >= 15 is 0 Å². The Morgan fingerprint density at radius 1 is 0.857 bits per heavy atom. The van der Waals surface area contributed by atoms with Crippen molar-refractivity contribution in [1.29, 1.82) is 0 Å². The molecule has 0 spiro atoms. The van der Waals surface area contributed by atoms with Gasteiger partial charge < -0.3 is 9.47 Å². The minimum Gasteiger partial charge on any atom is -0.490 e. The van der Waals surface area contributed by atoms with Gasteiger partial charge in [-0.2, -0.15) is 0 Å². The van der Waals surface area contributed by atoms with Crippen LogP contribution in [0.1, 0.15) is 22.9 Å². The summed E-state index contributed by atoms with van der Waals surface area (Å²) in [6.45, 7) is 1.17. The fraction of sp³-hybridized carbons (Fsp3) is 0.250. The molecule has 0 radical (unpaired) electrons. The number of ether oxygens (including phenoxy) is 2. The molecule has 1 aliphatic rings. The average Bonchev–Trinajstić information content (AvgIpc) is 2.69. The van der Waals surface area contributed by atoms with Crippen LogP contribution in [0.25, 0.3) is 0 Å². The van der Waals surface area contributed by atoms with Crippen LogP contribution in [0.2, 0.25) is 0 Å². The first kappa shape index (κ1) is 14.1. The van der Waals surface area contributed by atoms with Gasteiger partial charge in [-0.25, -0.2) is 8.78 Å². The van der Waals surface area contributed by atoms with Gasteiger partial charge in [0.25, 0.3) is 0 Å². The molecular weight excluding hydrogens is 298 g/mol. The van der Waals surface area contributed by atoms with Crippen molar-refractivity contribution in [3.63, 3.8) is 0 Å². The topological polar surface area (TPSA) is 18.5 Å². The van der Waals surface area contributed by atoms with Crippen LogP contribution in [0.15, 0.2) is 36.4 Å². The average molecular weight is 311 g/mol. The van der Waals surface area contributed by atoms with Crippen LogP contribution in [-0.4, -0.2) is 13.2 Å². The van der Waals surface area contributed by atoms with Gasteiger partial charge in [-0.3, -0.25) is 0 Å². The first-order valence-corrected chi connectivity index (χ1v) is 7.07. The summed E-state index contributed by atoms with van der Waals surface area (Å²) in [7, 11) is 0. The van der Waals surface area contributed by atoms with Gasteiger partial charge in [0.2, 0.25) is 0 Å². The zero-order valence-corrected chi connectivity index (χ0v) is 11.9. The highest BCUT2D eigenvalue weighted by Crippen LogP contribution is 2.36. The van der Waals surface area contributed by atoms with Gasteiger partial charge in [0.15, 0.2) is 11.5 Å². The maximum atomic E-state index is 13.3. The maximum Gasteiger partial charge on any atom is 0.161 e. The Bertz CT molecular complexity index is 640. The SMILES string of the molecule is Fc1cc(F)cc(C(Cl)c2ccc3c(c2)OCCCO3)c1. The van der Waals surface area contributed by atoms with Crippen molar-refractivity contribution >= 4 is 11.6 Å². The summed E-state index contributed by atoms with van der Waals surface area (Å²) in [5, 5.41) is -0.660. The number of hydrogen-bond donors (Lipinski definition) is 0. The van der Waals surface area contributed by atoms with Gasteiger partial charge in [-0.05, 0) is 35.4 Å². The highest BCUT2D eigenvalue weighted by atomic mass is 35.5. The van der Waals surface area contributed by atoms with Crippen LogP contribution in [-0.2, 0) is 0 Å². The van der Waals surface area contributed by atoms with Crippen molar-refractivity contribution in [2.45, 2.75) is 11.8 Å². The van der Waals surface area contributed by atoms with Crippen LogP contribution < -0.4 is 9.47 Å². The van der Waals surface area contributed by atoms with Gasteiger partial charge in [-0.15, -0.1) is 11.6 Å². The van der Waals surface area contributed by atoms with E-state index in [9.17, 15) is 8.78 Å². The Kier molecular flexibility index (Phi) is 3.97. The lowest BCUT2D eigenvalue weighted by Crippen LogP contribution is -1.98. The van der Waals surface area contributed by atoms with Crippen LogP contribution in [0.5, 0.6) is 11.5 Å². The van der Waals surface area contributed by atoms with Gasteiger partial charge >= 0.3 is 0 Å². The molecule has 1 aliphatic heterocycles. The number of rotatable bonds is 2. The minimum atomic E-state index is -0.660. The summed E-state index contributed by atoms with van der Waals surface area (Å²) in [6.07, 6.45) is 0.809. The molecule has 0 bridgehead atoms. The van der Waals surface area contributed by atoms with E-state index in [4.69, 9.17) is 21.1 Å². The molecule has 5 heteroatoms. The van der Waals surface area contributed by atoms with E-state index in [-0.39, 0.29) is 0 Å². The van der Waals surface area contributed by atoms with Gasteiger partial charge in [0.1, 0.15) is 11.6 Å². The second-order valence-electron chi connectivity index (χ2n) is 4.82. The van der Waals surface area contributed by atoms with Crippen molar-refractivity contribution in [2.75, 3.05) is 13.2 Å². The van der Waals surface area contributed by atoms with Crippen LogP contribution in [0.3, 0.4) is 0 Å². The van der Waals surface area contributed by atoms with Gasteiger partial charge in [0.05, 0.1) is 18.6 Å². The normalized spacial score (nSPS) is 15.4. The molecule has 0 saturated carbocycles. The van der Waals surface area contributed by atoms with Crippen molar-refractivity contribution in [2.24, 2.45) is 0 Å². The number of fused-ring (bicyclic) bond motifs is 1. The number of alkyl halides is 1. The lowest BCUT2D eigenvalue weighted by Gasteiger charge is -2.14. The molecule has 1 heterocycles. The standard InChI is InChI=1S/C16H13ClF2O2/c17-16(11-6-12(18)9-13(19)7-11)10-2-3-14-15(8-10)21-5-1-4-20-14/h2-3,6-9,16H,1,4-5H2. The van der Waals surface area contributed by atoms with E-state index in [1.54, 1.807) is 18.2 Å². The molecule has 2 aromatic rings. The molecular formula is C16H13ClF2O2. The van der Waals surface area contributed by atoms with Crippen molar-refractivity contribution < 1.29 is 18.3 Å². The van der Waals surface area contributed by atoms with Gasteiger partial charge in [-0.1, -0.05) is 6.07 Å². The third kappa shape index (κ3) is 3.10. The monoisotopic (exact) mass is 310 g/mol. The maximum absolute atomic E-state index is 13.3. The first-order valence-electron chi connectivity index (χ1n) is 6.63. The molecule has 0 N–H and O–H groups in total. The molecule has 1 unspecified atom stereocenters. The van der Waals surface area contributed by atoms with E-state index in [0.717, 1.165) is 12.5 Å². The summed E-state index contributed by atoms with van der Waals surface area (Å²) < 4.78 is 37.7. The van der Waals surface area contributed by atoms with E-state index < -0.39 is 17.0 Å². The fourth-order valence-electron chi connectivity index (χ4n) is 2.25. The molecule has 21 heavy (non-hydrogen) atoms. The summed E-state index contributed by atoms with van der Waals surface area (Å²) in [4.78, 5) is 0. The summed E-state index contributed by atoms with van der Waals surface area (Å²) >= 11 is 6.33. The third-order valence-electron chi connectivity index (χ3n) is 3.24. The lowest BCUT2D eigenvalue weighted by molar-refractivity contribution is 0.297. The molecule has 2 nitrogen and oxygen atoms in total. The Morgan fingerprint density at radius 3 is 2.24 bits per heavy atom. The van der Waals surface area contributed by atoms with Crippen LogP contribution in [0, 0.1) is 11.6 Å². The molecule has 110 valence electrons. The highest BCUT2D eigenvalue weighted by molar-refractivity contribution is 6.22. The quantitative estimate of drug-likeness (QED) is 0.763.